The number of alkyl halides is 3. The Bertz CT molecular complexity index is 864. The van der Waals surface area contributed by atoms with Gasteiger partial charge >= 0.3 is 12.1 Å². The molecular weight excluding hydrogens is 351 g/mol. The van der Waals surface area contributed by atoms with Gasteiger partial charge in [-0.2, -0.15) is 13.2 Å². The molecule has 0 fully saturated rings. The molecule has 0 aromatic heterocycles. The standard InChI is InChI=1S/C18H14F3NO4/c1-25-17(24)12-4-2-3-11(9-12)16(23)22-7-8-26-15-6-5-13(10-14(15)22)18(19,20)21/h2-6,9-10H,7-8H2,1H3. The van der Waals surface area contributed by atoms with E-state index in [1.165, 1.54) is 42.3 Å². The van der Waals surface area contributed by atoms with E-state index in [0.717, 1.165) is 12.1 Å². The number of fused-ring (bicyclic) bond motifs is 1. The second-order valence-electron chi connectivity index (χ2n) is 5.56. The Morgan fingerprint density at radius 1 is 1.12 bits per heavy atom. The van der Waals surface area contributed by atoms with Gasteiger partial charge in [0.25, 0.3) is 5.91 Å². The fourth-order valence-corrected chi connectivity index (χ4v) is 2.66. The van der Waals surface area contributed by atoms with Crippen molar-refractivity contribution in [3.05, 3.63) is 59.2 Å². The number of hydrogen-bond acceptors (Lipinski definition) is 4. The lowest BCUT2D eigenvalue weighted by molar-refractivity contribution is -0.137. The normalized spacial score (nSPS) is 13.6. The van der Waals surface area contributed by atoms with Gasteiger partial charge in [0.15, 0.2) is 0 Å². The van der Waals surface area contributed by atoms with Crippen molar-refractivity contribution in [1.82, 2.24) is 0 Å². The summed E-state index contributed by atoms with van der Waals surface area (Å²) >= 11 is 0. The number of esters is 1. The lowest BCUT2D eigenvalue weighted by Crippen LogP contribution is -2.38. The number of carbonyl (C=O) groups excluding carboxylic acids is 2. The predicted octanol–water partition coefficient (Wildman–Crippen LogP) is 3.53. The number of anilines is 1. The molecule has 2 aromatic rings. The Morgan fingerprint density at radius 3 is 2.54 bits per heavy atom. The second-order valence-corrected chi connectivity index (χ2v) is 5.56. The van der Waals surface area contributed by atoms with Gasteiger partial charge < -0.3 is 14.4 Å². The molecule has 0 unspecified atom stereocenters. The third kappa shape index (κ3) is 3.35. The molecule has 0 spiro atoms. The van der Waals surface area contributed by atoms with E-state index < -0.39 is 23.6 Å². The lowest BCUT2D eigenvalue weighted by atomic mass is 10.1. The van der Waals surface area contributed by atoms with Gasteiger partial charge in [-0.15, -0.1) is 0 Å². The van der Waals surface area contributed by atoms with Crippen LogP contribution >= 0.6 is 0 Å². The van der Waals surface area contributed by atoms with Crippen LogP contribution in [-0.4, -0.2) is 32.1 Å². The van der Waals surface area contributed by atoms with Crippen LogP contribution in [0.1, 0.15) is 26.3 Å². The first-order valence-corrected chi connectivity index (χ1v) is 7.65. The third-order valence-corrected chi connectivity index (χ3v) is 3.93. The van der Waals surface area contributed by atoms with E-state index >= 15 is 0 Å². The second kappa shape index (κ2) is 6.70. The number of carbonyl (C=O) groups is 2. The van der Waals surface area contributed by atoms with Crippen LogP contribution < -0.4 is 9.64 Å². The van der Waals surface area contributed by atoms with E-state index in [9.17, 15) is 22.8 Å². The molecule has 3 rings (SSSR count). The molecule has 8 heteroatoms. The first kappa shape index (κ1) is 17.8. The van der Waals surface area contributed by atoms with Crippen LogP contribution in [0.25, 0.3) is 0 Å². The predicted molar refractivity (Wildman–Crippen MR) is 86.4 cm³/mol. The number of halogens is 3. The minimum Gasteiger partial charge on any atom is -0.490 e. The van der Waals surface area contributed by atoms with Crippen LogP contribution in [-0.2, 0) is 10.9 Å². The number of nitrogens with zero attached hydrogens (tertiary/aromatic N) is 1. The van der Waals surface area contributed by atoms with Gasteiger partial charge in [0.2, 0.25) is 0 Å². The molecule has 2 aromatic carbocycles. The van der Waals surface area contributed by atoms with E-state index in [4.69, 9.17) is 4.74 Å². The van der Waals surface area contributed by atoms with Crippen molar-refractivity contribution in [2.45, 2.75) is 6.18 Å². The highest BCUT2D eigenvalue weighted by atomic mass is 19.4. The smallest absolute Gasteiger partial charge is 0.416 e. The Hall–Kier alpha value is -3.03. The Morgan fingerprint density at radius 2 is 1.85 bits per heavy atom. The average molecular weight is 365 g/mol. The molecular formula is C18H14F3NO4. The maximum absolute atomic E-state index is 13.0. The summed E-state index contributed by atoms with van der Waals surface area (Å²) < 4.78 is 49.0. The third-order valence-electron chi connectivity index (χ3n) is 3.93. The van der Waals surface area contributed by atoms with Crippen LogP contribution in [0.2, 0.25) is 0 Å². The van der Waals surface area contributed by atoms with Gasteiger partial charge in [0.1, 0.15) is 12.4 Å². The highest BCUT2D eigenvalue weighted by Crippen LogP contribution is 2.38. The van der Waals surface area contributed by atoms with E-state index in [-0.39, 0.29) is 35.7 Å². The molecule has 0 saturated carbocycles. The summed E-state index contributed by atoms with van der Waals surface area (Å²) in [5, 5.41) is 0. The minimum absolute atomic E-state index is 0.0412. The number of hydrogen-bond donors (Lipinski definition) is 0. The molecule has 0 radical (unpaired) electrons. The van der Waals surface area contributed by atoms with Crippen molar-refractivity contribution < 1.29 is 32.2 Å². The zero-order valence-corrected chi connectivity index (χ0v) is 13.7. The molecule has 0 bridgehead atoms. The molecule has 26 heavy (non-hydrogen) atoms. The maximum Gasteiger partial charge on any atom is 0.416 e. The van der Waals surface area contributed by atoms with Gasteiger partial charge in [-0.05, 0) is 36.4 Å². The summed E-state index contributed by atoms with van der Waals surface area (Å²) in [6, 6.07) is 8.81. The van der Waals surface area contributed by atoms with E-state index in [1.54, 1.807) is 0 Å². The number of amides is 1. The van der Waals surface area contributed by atoms with E-state index in [2.05, 4.69) is 4.74 Å². The molecule has 1 aliphatic heterocycles. The van der Waals surface area contributed by atoms with Crippen molar-refractivity contribution in [3.63, 3.8) is 0 Å². The molecule has 136 valence electrons. The summed E-state index contributed by atoms with van der Waals surface area (Å²) in [4.78, 5) is 25.7. The average Bonchev–Trinajstić information content (AvgIpc) is 2.65. The topological polar surface area (TPSA) is 55.8 Å². The van der Waals surface area contributed by atoms with Crippen molar-refractivity contribution >= 4 is 17.6 Å². The van der Waals surface area contributed by atoms with Crippen molar-refractivity contribution in [2.24, 2.45) is 0 Å². The van der Waals surface area contributed by atoms with Crippen LogP contribution in [0.4, 0.5) is 18.9 Å². The monoisotopic (exact) mass is 365 g/mol. The molecule has 0 N–H and O–H groups in total. The van der Waals surface area contributed by atoms with E-state index in [0.29, 0.717) is 0 Å². The van der Waals surface area contributed by atoms with Crippen LogP contribution in [0.3, 0.4) is 0 Å². The number of rotatable bonds is 2. The fraction of sp³-hybridized carbons (Fsp3) is 0.222. The quantitative estimate of drug-likeness (QED) is 0.764. The Kier molecular flexibility index (Phi) is 4.58. The summed E-state index contributed by atoms with van der Waals surface area (Å²) in [6.07, 6.45) is -4.54. The Labute approximate surface area is 146 Å². The first-order chi connectivity index (χ1) is 12.3. The van der Waals surface area contributed by atoms with E-state index in [1.807, 2.05) is 0 Å². The zero-order chi connectivity index (χ0) is 18.9. The SMILES string of the molecule is COC(=O)c1cccc(C(=O)N2CCOc3ccc(C(F)(F)F)cc32)c1. The van der Waals surface area contributed by atoms with Gasteiger partial charge in [-0.3, -0.25) is 4.79 Å². The van der Waals surface area contributed by atoms with Crippen molar-refractivity contribution in [1.29, 1.82) is 0 Å². The van der Waals surface area contributed by atoms with Crippen molar-refractivity contribution in [3.8, 4) is 5.75 Å². The summed E-state index contributed by atoms with van der Waals surface area (Å²) in [5.74, 6) is -0.942. The summed E-state index contributed by atoms with van der Waals surface area (Å²) in [7, 11) is 1.22. The number of methoxy groups -OCH3 is 1. The molecule has 1 aliphatic rings. The molecule has 5 nitrogen and oxygen atoms in total. The molecule has 0 saturated heterocycles. The molecule has 1 amide bonds. The number of benzene rings is 2. The summed E-state index contributed by atoms with van der Waals surface area (Å²) in [6.45, 7) is 0.246. The fourth-order valence-electron chi connectivity index (χ4n) is 2.66. The van der Waals surface area contributed by atoms with Crippen LogP contribution in [0, 0.1) is 0 Å². The minimum atomic E-state index is -4.54. The van der Waals surface area contributed by atoms with Gasteiger partial charge in [0, 0.05) is 5.56 Å². The zero-order valence-electron chi connectivity index (χ0n) is 13.7. The van der Waals surface area contributed by atoms with Gasteiger partial charge in [-0.25, -0.2) is 4.79 Å². The van der Waals surface area contributed by atoms with Gasteiger partial charge in [-0.1, -0.05) is 6.07 Å². The highest BCUT2D eigenvalue weighted by Gasteiger charge is 2.34. The summed E-state index contributed by atoms with van der Waals surface area (Å²) in [5.41, 5.74) is -0.489. The number of ether oxygens (including phenoxy) is 2. The largest absolute Gasteiger partial charge is 0.490 e. The molecule has 1 heterocycles. The van der Waals surface area contributed by atoms with Gasteiger partial charge in [0.05, 0.1) is 30.5 Å². The highest BCUT2D eigenvalue weighted by molar-refractivity contribution is 6.08. The molecule has 0 aliphatic carbocycles. The lowest BCUT2D eigenvalue weighted by Gasteiger charge is -2.30. The maximum atomic E-state index is 13.0. The first-order valence-electron chi connectivity index (χ1n) is 7.65. The Balaban J connectivity index is 1.99. The van der Waals surface area contributed by atoms with Crippen molar-refractivity contribution in [2.75, 3.05) is 25.2 Å². The van der Waals surface area contributed by atoms with Crippen LogP contribution in [0.15, 0.2) is 42.5 Å². The molecule has 0 atom stereocenters. The van der Waals surface area contributed by atoms with Crippen LogP contribution in [0.5, 0.6) is 5.75 Å².